The summed E-state index contributed by atoms with van der Waals surface area (Å²) in [5.41, 5.74) is 6.81. The van der Waals surface area contributed by atoms with Crippen molar-refractivity contribution in [3.05, 3.63) is 23.7 Å². The van der Waals surface area contributed by atoms with Crippen LogP contribution in [0.3, 0.4) is 0 Å². The minimum Gasteiger partial charge on any atom is -0.384 e. The van der Waals surface area contributed by atoms with Gasteiger partial charge in [0, 0.05) is 12.1 Å². The van der Waals surface area contributed by atoms with Crippen molar-refractivity contribution in [2.24, 2.45) is 0 Å². The van der Waals surface area contributed by atoms with Gasteiger partial charge in [0.05, 0.1) is 18.1 Å². The SMILES string of the molecule is CCCn1nncc1C(O)c1cn[nH]c1N. The van der Waals surface area contributed by atoms with Crippen LogP contribution in [0.4, 0.5) is 5.82 Å². The van der Waals surface area contributed by atoms with Crippen LogP contribution in [0.1, 0.15) is 30.7 Å². The maximum atomic E-state index is 10.1. The lowest BCUT2D eigenvalue weighted by Gasteiger charge is -2.10. The van der Waals surface area contributed by atoms with Crippen molar-refractivity contribution in [3.63, 3.8) is 0 Å². The fourth-order valence-electron chi connectivity index (χ4n) is 1.55. The molecule has 0 saturated carbocycles. The average Bonchev–Trinajstić information content (AvgIpc) is 2.87. The Hall–Kier alpha value is -1.89. The fraction of sp³-hybridized carbons (Fsp3) is 0.444. The van der Waals surface area contributed by atoms with Crippen molar-refractivity contribution in [2.45, 2.75) is 26.0 Å². The highest BCUT2D eigenvalue weighted by Crippen LogP contribution is 2.24. The van der Waals surface area contributed by atoms with Gasteiger partial charge in [0.1, 0.15) is 11.9 Å². The van der Waals surface area contributed by atoms with Gasteiger partial charge in [-0.05, 0) is 6.42 Å². The molecule has 2 aromatic heterocycles. The van der Waals surface area contributed by atoms with Crippen LogP contribution in [0.15, 0.2) is 12.4 Å². The van der Waals surface area contributed by atoms with Crippen molar-refractivity contribution >= 4 is 5.82 Å². The Morgan fingerprint density at radius 1 is 1.56 bits per heavy atom. The minimum atomic E-state index is -0.847. The number of hydrogen-bond donors (Lipinski definition) is 3. The maximum absolute atomic E-state index is 10.1. The molecular formula is C9H14N6O. The zero-order valence-electron chi connectivity index (χ0n) is 8.96. The molecule has 2 heterocycles. The molecule has 0 bridgehead atoms. The third-order valence-corrected chi connectivity index (χ3v) is 2.36. The van der Waals surface area contributed by atoms with Crippen LogP contribution in [-0.4, -0.2) is 30.3 Å². The van der Waals surface area contributed by atoms with E-state index in [1.54, 1.807) is 4.68 Å². The van der Waals surface area contributed by atoms with Crippen LogP contribution in [0.2, 0.25) is 0 Å². The van der Waals surface area contributed by atoms with Gasteiger partial charge < -0.3 is 10.8 Å². The second kappa shape index (κ2) is 4.31. The van der Waals surface area contributed by atoms with Crippen molar-refractivity contribution in [3.8, 4) is 0 Å². The second-order valence-corrected chi connectivity index (χ2v) is 3.52. The number of nitrogen functional groups attached to an aromatic ring is 1. The topological polar surface area (TPSA) is 106 Å². The third-order valence-electron chi connectivity index (χ3n) is 2.36. The molecule has 86 valence electrons. The van der Waals surface area contributed by atoms with Crippen molar-refractivity contribution in [1.29, 1.82) is 0 Å². The normalized spacial score (nSPS) is 12.9. The van der Waals surface area contributed by atoms with Crippen LogP contribution in [0, 0.1) is 0 Å². The summed E-state index contributed by atoms with van der Waals surface area (Å²) in [6.45, 7) is 2.74. The summed E-state index contributed by atoms with van der Waals surface area (Å²) in [7, 11) is 0. The molecule has 1 unspecified atom stereocenters. The molecule has 0 saturated heterocycles. The summed E-state index contributed by atoms with van der Waals surface area (Å²) < 4.78 is 1.66. The van der Waals surface area contributed by atoms with Crippen molar-refractivity contribution in [1.82, 2.24) is 25.2 Å². The van der Waals surface area contributed by atoms with Crippen LogP contribution < -0.4 is 5.73 Å². The first-order valence-electron chi connectivity index (χ1n) is 5.09. The number of aryl methyl sites for hydroxylation is 1. The summed E-state index contributed by atoms with van der Waals surface area (Å²) in [6, 6.07) is 0. The molecule has 0 spiro atoms. The molecule has 0 fully saturated rings. The average molecular weight is 222 g/mol. The fourth-order valence-corrected chi connectivity index (χ4v) is 1.55. The summed E-state index contributed by atoms with van der Waals surface area (Å²) in [5.74, 6) is 0.358. The quantitative estimate of drug-likeness (QED) is 0.679. The number of hydrogen-bond acceptors (Lipinski definition) is 5. The Morgan fingerprint density at radius 3 is 3.00 bits per heavy atom. The molecule has 0 aromatic carbocycles. The molecule has 4 N–H and O–H groups in total. The molecule has 0 amide bonds. The Bertz CT molecular complexity index is 462. The number of anilines is 1. The Kier molecular flexibility index (Phi) is 2.86. The number of aliphatic hydroxyl groups is 1. The predicted octanol–water partition coefficient (Wildman–Crippen LogP) is 0.0751. The molecule has 2 aromatic rings. The second-order valence-electron chi connectivity index (χ2n) is 3.52. The van der Waals surface area contributed by atoms with E-state index in [-0.39, 0.29) is 0 Å². The zero-order valence-corrected chi connectivity index (χ0v) is 8.96. The largest absolute Gasteiger partial charge is 0.384 e. The lowest BCUT2D eigenvalue weighted by atomic mass is 10.1. The van der Waals surface area contributed by atoms with Gasteiger partial charge in [-0.3, -0.25) is 5.10 Å². The molecule has 2 rings (SSSR count). The van der Waals surface area contributed by atoms with E-state index < -0.39 is 6.10 Å². The smallest absolute Gasteiger partial charge is 0.127 e. The van der Waals surface area contributed by atoms with E-state index >= 15 is 0 Å². The van der Waals surface area contributed by atoms with E-state index in [0.29, 0.717) is 23.6 Å². The number of aromatic nitrogens is 5. The number of aliphatic hydroxyl groups excluding tert-OH is 1. The van der Waals surface area contributed by atoms with E-state index in [4.69, 9.17) is 5.73 Å². The Balaban J connectivity index is 2.30. The first-order chi connectivity index (χ1) is 7.74. The highest BCUT2D eigenvalue weighted by Gasteiger charge is 2.19. The van der Waals surface area contributed by atoms with E-state index in [1.807, 2.05) is 6.92 Å². The van der Waals surface area contributed by atoms with E-state index in [9.17, 15) is 5.11 Å². The molecule has 0 radical (unpaired) electrons. The van der Waals surface area contributed by atoms with Gasteiger partial charge in [-0.2, -0.15) is 5.10 Å². The summed E-state index contributed by atoms with van der Waals surface area (Å²) >= 11 is 0. The van der Waals surface area contributed by atoms with Gasteiger partial charge in [0.15, 0.2) is 0 Å². The monoisotopic (exact) mass is 222 g/mol. The molecule has 16 heavy (non-hydrogen) atoms. The van der Waals surface area contributed by atoms with Gasteiger partial charge in [-0.25, -0.2) is 4.68 Å². The molecular weight excluding hydrogens is 208 g/mol. The number of nitrogens with one attached hydrogen (secondary N) is 1. The number of H-pyrrole nitrogens is 1. The minimum absolute atomic E-state index is 0.358. The lowest BCUT2D eigenvalue weighted by Crippen LogP contribution is -2.10. The number of aromatic amines is 1. The molecule has 1 atom stereocenters. The van der Waals surface area contributed by atoms with Gasteiger partial charge in [-0.1, -0.05) is 12.1 Å². The first-order valence-corrected chi connectivity index (χ1v) is 5.09. The van der Waals surface area contributed by atoms with Crippen LogP contribution in [-0.2, 0) is 6.54 Å². The first kappa shape index (κ1) is 10.6. The zero-order chi connectivity index (χ0) is 11.5. The summed E-state index contributed by atoms with van der Waals surface area (Å²) in [6.07, 6.45) is 3.11. The Labute approximate surface area is 92.3 Å². The van der Waals surface area contributed by atoms with Gasteiger partial charge in [0.2, 0.25) is 0 Å². The summed E-state index contributed by atoms with van der Waals surface area (Å²) in [4.78, 5) is 0. The summed E-state index contributed by atoms with van der Waals surface area (Å²) in [5, 5.41) is 24.2. The van der Waals surface area contributed by atoms with E-state index in [0.717, 1.165) is 6.42 Å². The van der Waals surface area contributed by atoms with Gasteiger partial charge >= 0.3 is 0 Å². The van der Waals surface area contributed by atoms with Crippen LogP contribution in [0.25, 0.3) is 0 Å². The number of nitrogens with two attached hydrogens (primary N) is 1. The van der Waals surface area contributed by atoms with Crippen LogP contribution in [0.5, 0.6) is 0 Å². The van der Waals surface area contributed by atoms with Gasteiger partial charge in [-0.15, -0.1) is 5.10 Å². The standard InChI is InChI=1S/C9H14N6O/c1-2-3-15-7(5-12-14-15)8(16)6-4-11-13-9(6)10/h4-5,8,16H,2-3H2,1H3,(H3,10,11,13). The molecule has 0 aliphatic rings. The molecule has 0 aliphatic heterocycles. The Morgan fingerprint density at radius 2 is 2.38 bits per heavy atom. The number of rotatable bonds is 4. The maximum Gasteiger partial charge on any atom is 0.127 e. The van der Waals surface area contributed by atoms with E-state index in [1.165, 1.54) is 12.4 Å². The predicted molar refractivity (Wildman–Crippen MR) is 57.4 cm³/mol. The lowest BCUT2D eigenvalue weighted by molar-refractivity contribution is 0.208. The van der Waals surface area contributed by atoms with Crippen LogP contribution >= 0.6 is 0 Å². The number of nitrogens with zero attached hydrogens (tertiary/aromatic N) is 4. The highest BCUT2D eigenvalue weighted by atomic mass is 16.3. The molecule has 7 nitrogen and oxygen atoms in total. The van der Waals surface area contributed by atoms with Crippen molar-refractivity contribution in [2.75, 3.05) is 5.73 Å². The third kappa shape index (κ3) is 1.76. The molecule has 7 heteroatoms. The van der Waals surface area contributed by atoms with E-state index in [2.05, 4.69) is 20.5 Å². The molecule has 0 aliphatic carbocycles. The van der Waals surface area contributed by atoms with Gasteiger partial charge in [0.25, 0.3) is 0 Å². The van der Waals surface area contributed by atoms with Crippen molar-refractivity contribution < 1.29 is 5.11 Å². The highest BCUT2D eigenvalue weighted by molar-refractivity contribution is 5.41.